The van der Waals surface area contributed by atoms with Crippen molar-refractivity contribution in [1.29, 1.82) is 0 Å². The fourth-order valence-electron chi connectivity index (χ4n) is 5.66. The van der Waals surface area contributed by atoms with Crippen LogP contribution < -0.4 is 10.6 Å². The van der Waals surface area contributed by atoms with E-state index in [0.29, 0.717) is 13.0 Å². The van der Waals surface area contributed by atoms with Crippen molar-refractivity contribution in [3.63, 3.8) is 0 Å². The maximum Gasteiger partial charge on any atom is 0.244 e. The lowest BCUT2D eigenvalue weighted by atomic mass is 9.82. The van der Waals surface area contributed by atoms with Crippen LogP contribution in [0.3, 0.4) is 0 Å². The third-order valence-electron chi connectivity index (χ3n) is 8.68. The van der Waals surface area contributed by atoms with Crippen LogP contribution in [0.15, 0.2) is 30.3 Å². The summed E-state index contributed by atoms with van der Waals surface area (Å²) in [7, 11) is 3.21. The van der Waals surface area contributed by atoms with Gasteiger partial charge in [0.1, 0.15) is 18.9 Å². The molecule has 1 aliphatic rings. The number of alkyl halides is 1. The van der Waals surface area contributed by atoms with Crippen molar-refractivity contribution in [3.05, 3.63) is 35.9 Å². The van der Waals surface area contributed by atoms with Crippen molar-refractivity contribution in [2.24, 2.45) is 17.8 Å². The largest absolute Gasteiger partial charge is 0.389 e. The van der Waals surface area contributed by atoms with E-state index in [1.807, 2.05) is 30.3 Å². The molecule has 3 amide bonds. The second kappa shape index (κ2) is 19.8. The molecule has 45 heavy (non-hydrogen) atoms. The Kier molecular flexibility index (Phi) is 16.6. The number of carbonyl (C=O) groups excluding carboxylic acids is 3. The first-order valence-electron chi connectivity index (χ1n) is 15.9. The van der Waals surface area contributed by atoms with Crippen molar-refractivity contribution < 1.29 is 29.0 Å². The van der Waals surface area contributed by atoms with Crippen LogP contribution in [0.1, 0.15) is 63.9 Å². The van der Waals surface area contributed by atoms with Crippen molar-refractivity contribution in [1.82, 2.24) is 20.4 Å². The van der Waals surface area contributed by atoms with Crippen molar-refractivity contribution in [2.75, 3.05) is 34.0 Å². The third kappa shape index (κ3) is 12.8. The molecule has 9 nitrogen and oxygen atoms in total. The van der Waals surface area contributed by atoms with E-state index in [9.17, 15) is 29.0 Å². The minimum Gasteiger partial charge on any atom is -0.389 e. The fraction of sp³-hybridized carbons (Fsp3) is 0.629. The molecule has 1 aliphatic carbocycles. The maximum absolute atomic E-state index is 13.8. The zero-order valence-corrected chi connectivity index (χ0v) is 27.0. The number of nitrogens with zero attached hydrogens (tertiary/aromatic N) is 2. The molecule has 10 heteroatoms. The molecule has 1 aromatic rings. The summed E-state index contributed by atoms with van der Waals surface area (Å²) in [6, 6.07) is 7.30. The summed E-state index contributed by atoms with van der Waals surface area (Å²) in [5, 5.41) is 27.1. The topological polar surface area (TPSA) is 122 Å². The number of aliphatic hydroxyl groups is 2. The normalized spacial score (nSPS) is 17.5. The van der Waals surface area contributed by atoms with Gasteiger partial charge in [0.05, 0.1) is 18.1 Å². The van der Waals surface area contributed by atoms with E-state index in [-0.39, 0.29) is 37.6 Å². The Morgan fingerprint density at radius 1 is 1.02 bits per heavy atom. The number of carbonyl (C=O) groups is 3. The van der Waals surface area contributed by atoms with Crippen molar-refractivity contribution in [2.45, 2.75) is 89.0 Å². The number of aliphatic hydroxyl groups excluding tert-OH is 2. The van der Waals surface area contributed by atoms with Gasteiger partial charge >= 0.3 is 0 Å². The zero-order chi connectivity index (χ0) is 33.4. The highest BCUT2D eigenvalue weighted by molar-refractivity contribution is 5.91. The number of halogens is 1. The number of amides is 3. The van der Waals surface area contributed by atoms with E-state index < -0.39 is 54.7 Å². The number of nitrogens with one attached hydrogen (secondary N) is 2. The maximum atomic E-state index is 13.8. The molecule has 0 saturated heterocycles. The molecule has 2 rings (SSSR count). The summed E-state index contributed by atoms with van der Waals surface area (Å²) in [4.78, 5) is 43.6. The van der Waals surface area contributed by atoms with Crippen LogP contribution in [-0.2, 0) is 20.8 Å². The van der Waals surface area contributed by atoms with Gasteiger partial charge in [-0.2, -0.15) is 0 Å². The summed E-state index contributed by atoms with van der Waals surface area (Å²) < 4.78 is 12.9. The van der Waals surface area contributed by atoms with Gasteiger partial charge in [-0.05, 0) is 38.3 Å². The van der Waals surface area contributed by atoms with Crippen LogP contribution in [0, 0.1) is 42.4 Å². The van der Waals surface area contributed by atoms with Gasteiger partial charge in [-0.25, -0.2) is 4.39 Å². The van der Waals surface area contributed by atoms with E-state index >= 15 is 0 Å². The molecule has 0 bridgehead atoms. The van der Waals surface area contributed by atoms with Crippen LogP contribution >= 0.6 is 0 Å². The Morgan fingerprint density at radius 3 is 2.29 bits per heavy atom. The number of benzene rings is 1. The van der Waals surface area contributed by atoms with Gasteiger partial charge in [0, 0.05) is 38.9 Å². The van der Waals surface area contributed by atoms with Gasteiger partial charge < -0.3 is 25.7 Å². The van der Waals surface area contributed by atoms with Gasteiger partial charge in [0.2, 0.25) is 17.7 Å². The monoisotopic (exact) mass is 626 g/mol. The molecule has 0 aromatic heterocycles. The average Bonchev–Trinajstić information content (AvgIpc) is 3.05. The molecule has 0 spiro atoms. The van der Waals surface area contributed by atoms with Gasteiger partial charge in [-0.15, -0.1) is 24.7 Å². The lowest BCUT2D eigenvalue weighted by molar-refractivity contribution is -0.137. The molecule has 0 radical (unpaired) electrons. The van der Waals surface area contributed by atoms with Crippen LogP contribution in [-0.4, -0.2) is 96.0 Å². The molecule has 6 atom stereocenters. The van der Waals surface area contributed by atoms with Crippen molar-refractivity contribution in [3.8, 4) is 24.7 Å². The first-order valence-corrected chi connectivity index (χ1v) is 15.9. The van der Waals surface area contributed by atoms with Crippen LogP contribution in [0.25, 0.3) is 0 Å². The number of hydrogen-bond donors (Lipinski definition) is 4. The van der Waals surface area contributed by atoms with E-state index in [1.54, 1.807) is 21.0 Å². The average molecular weight is 627 g/mol. The standard InChI is InChI=1S/C35H51FN4O5/c1-6-14-30(41)33(43)29(22-27-17-12-9-13-18-27)37-35(45)32(25(3)7-2)38-34(44)28(21-26-15-10-8-11-16-26)23-31(42)40(5)20-19-39(4)24-36/h1-2,8,10-11,15-16,25,27-30,32-33,41,43H,9,12-14,17-24H2,3-5H3,(H,37,45)(H,38,44)/t25?,28?,29?,30?,32-,33?/m0/s1. The number of likely N-dealkylation sites (N-methyl/N-ethyl adjacent to an activating group) is 2. The molecule has 1 aromatic carbocycles. The molecule has 0 aliphatic heterocycles. The van der Waals surface area contributed by atoms with Crippen LogP contribution in [0.2, 0.25) is 0 Å². The summed E-state index contributed by atoms with van der Waals surface area (Å²) >= 11 is 0. The van der Waals surface area contributed by atoms with Crippen molar-refractivity contribution >= 4 is 17.7 Å². The van der Waals surface area contributed by atoms with E-state index in [2.05, 4.69) is 22.5 Å². The quantitative estimate of drug-likeness (QED) is 0.147. The lowest BCUT2D eigenvalue weighted by Gasteiger charge is -2.33. The highest BCUT2D eigenvalue weighted by Crippen LogP contribution is 2.29. The fourth-order valence-corrected chi connectivity index (χ4v) is 5.66. The summed E-state index contributed by atoms with van der Waals surface area (Å²) in [5.41, 5.74) is 0.842. The molecule has 5 unspecified atom stereocenters. The summed E-state index contributed by atoms with van der Waals surface area (Å²) in [5.74, 6) is 2.22. The first-order chi connectivity index (χ1) is 21.5. The van der Waals surface area contributed by atoms with E-state index in [4.69, 9.17) is 12.8 Å². The van der Waals surface area contributed by atoms with Gasteiger partial charge in [-0.1, -0.05) is 62.4 Å². The zero-order valence-electron chi connectivity index (χ0n) is 27.0. The molecular weight excluding hydrogens is 575 g/mol. The first kappa shape index (κ1) is 37.7. The minimum absolute atomic E-state index is 0.0766. The second-order valence-corrected chi connectivity index (χ2v) is 12.4. The highest BCUT2D eigenvalue weighted by Gasteiger charge is 2.35. The van der Waals surface area contributed by atoms with Gasteiger partial charge in [0.15, 0.2) is 0 Å². The smallest absolute Gasteiger partial charge is 0.244 e. The summed E-state index contributed by atoms with van der Waals surface area (Å²) in [6.07, 6.45) is 14.2. The molecule has 0 heterocycles. The minimum atomic E-state index is -1.31. The Morgan fingerprint density at radius 2 is 1.69 bits per heavy atom. The molecule has 4 N–H and O–H groups in total. The molecular formula is C35H51FN4O5. The SMILES string of the molecule is C#CCC(O)C(O)C(CC1CCCCC1)NC(=O)[C@@H](NC(=O)C(CC(=O)N(C)CCN(C)CF)Cc1ccccc1)C(C)C#C. The highest BCUT2D eigenvalue weighted by atomic mass is 19.1. The number of hydrogen-bond acceptors (Lipinski definition) is 6. The Balaban J connectivity index is 2.26. The van der Waals surface area contributed by atoms with E-state index in [0.717, 1.165) is 37.7 Å². The molecule has 248 valence electrons. The lowest BCUT2D eigenvalue weighted by Crippen LogP contribution is -2.57. The van der Waals surface area contributed by atoms with E-state index in [1.165, 1.54) is 9.80 Å². The molecule has 1 saturated carbocycles. The predicted molar refractivity (Wildman–Crippen MR) is 173 cm³/mol. The number of rotatable bonds is 18. The summed E-state index contributed by atoms with van der Waals surface area (Å²) in [6.45, 7) is 1.62. The third-order valence-corrected chi connectivity index (χ3v) is 8.68. The van der Waals surface area contributed by atoms with Crippen LogP contribution in [0.4, 0.5) is 4.39 Å². The Labute approximate surface area is 268 Å². The predicted octanol–water partition coefficient (Wildman–Crippen LogP) is 2.51. The second-order valence-electron chi connectivity index (χ2n) is 12.4. The van der Waals surface area contributed by atoms with Gasteiger partial charge in [-0.3, -0.25) is 19.3 Å². The van der Waals surface area contributed by atoms with Gasteiger partial charge in [0.25, 0.3) is 0 Å². The molecule has 1 fully saturated rings. The number of terminal acetylenes is 2. The van der Waals surface area contributed by atoms with Crippen LogP contribution in [0.5, 0.6) is 0 Å². The Hall–Kier alpha value is -3.44. The Bertz CT molecular complexity index is 1150.